The van der Waals surface area contributed by atoms with Crippen molar-refractivity contribution in [3.8, 4) is 5.75 Å². The molecular formula is C14H17N5O2. The van der Waals surface area contributed by atoms with Crippen molar-refractivity contribution >= 4 is 5.91 Å². The molecule has 0 spiro atoms. The van der Waals surface area contributed by atoms with Crippen LogP contribution in [0.3, 0.4) is 0 Å². The van der Waals surface area contributed by atoms with E-state index in [-0.39, 0.29) is 11.9 Å². The van der Waals surface area contributed by atoms with Crippen molar-refractivity contribution in [1.82, 2.24) is 25.9 Å². The van der Waals surface area contributed by atoms with E-state index in [0.717, 1.165) is 5.57 Å². The van der Waals surface area contributed by atoms with Gasteiger partial charge in [-0.25, -0.2) is 0 Å². The lowest BCUT2D eigenvalue weighted by atomic mass is 10.2. The summed E-state index contributed by atoms with van der Waals surface area (Å²) in [6, 6.07) is 6.62. The van der Waals surface area contributed by atoms with Gasteiger partial charge in [-0.2, -0.15) is 5.21 Å². The van der Waals surface area contributed by atoms with Crippen molar-refractivity contribution in [2.45, 2.75) is 19.9 Å². The normalized spacial score (nSPS) is 11.7. The highest BCUT2D eigenvalue weighted by molar-refractivity contribution is 5.94. The number of carbonyl (C=O) groups is 1. The van der Waals surface area contributed by atoms with Gasteiger partial charge in [0.1, 0.15) is 12.4 Å². The molecule has 0 aliphatic heterocycles. The van der Waals surface area contributed by atoms with Crippen LogP contribution in [0.25, 0.3) is 0 Å². The Morgan fingerprint density at radius 3 is 3.00 bits per heavy atom. The Labute approximate surface area is 122 Å². The lowest BCUT2D eigenvalue weighted by Gasteiger charge is -2.11. The number of aromatic amines is 1. The third-order valence-corrected chi connectivity index (χ3v) is 2.68. The van der Waals surface area contributed by atoms with Crippen LogP contribution in [0.4, 0.5) is 0 Å². The predicted molar refractivity (Wildman–Crippen MR) is 76.8 cm³/mol. The number of amides is 1. The van der Waals surface area contributed by atoms with E-state index in [4.69, 9.17) is 4.74 Å². The summed E-state index contributed by atoms with van der Waals surface area (Å²) < 4.78 is 5.52. The van der Waals surface area contributed by atoms with E-state index < -0.39 is 0 Å². The summed E-state index contributed by atoms with van der Waals surface area (Å²) in [4.78, 5) is 12.2. The summed E-state index contributed by atoms with van der Waals surface area (Å²) in [5.74, 6) is 0.823. The first-order valence-electron chi connectivity index (χ1n) is 6.47. The molecule has 110 valence electrons. The van der Waals surface area contributed by atoms with Crippen LogP contribution in [0.1, 0.15) is 36.1 Å². The minimum atomic E-state index is -0.337. The Bertz CT molecular complexity index is 624. The lowest BCUT2D eigenvalue weighted by Crippen LogP contribution is -2.27. The second-order valence-corrected chi connectivity index (χ2v) is 4.74. The van der Waals surface area contributed by atoms with Gasteiger partial charge >= 0.3 is 0 Å². The topological polar surface area (TPSA) is 92.8 Å². The highest BCUT2D eigenvalue weighted by Crippen LogP contribution is 2.15. The number of rotatable bonds is 6. The zero-order valence-electron chi connectivity index (χ0n) is 12.0. The fraction of sp³-hybridized carbons (Fsp3) is 0.286. The van der Waals surface area contributed by atoms with Gasteiger partial charge in [-0.15, -0.1) is 10.2 Å². The molecule has 0 saturated heterocycles. The number of carbonyl (C=O) groups excluding carboxylic acids is 1. The van der Waals surface area contributed by atoms with E-state index in [1.807, 2.05) is 6.92 Å². The zero-order chi connectivity index (χ0) is 15.2. The minimum Gasteiger partial charge on any atom is -0.489 e. The molecule has 0 fully saturated rings. The molecule has 0 saturated carbocycles. The summed E-state index contributed by atoms with van der Waals surface area (Å²) >= 11 is 0. The second-order valence-electron chi connectivity index (χ2n) is 4.74. The van der Waals surface area contributed by atoms with Crippen molar-refractivity contribution in [2.24, 2.45) is 0 Å². The van der Waals surface area contributed by atoms with Crippen LogP contribution in [-0.2, 0) is 0 Å². The van der Waals surface area contributed by atoms with Gasteiger partial charge in [0.05, 0.1) is 6.04 Å². The fourth-order valence-electron chi connectivity index (χ4n) is 1.63. The smallest absolute Gasteiger partial charge is 0.251 e. The number of tetrazole rings is 1. The maximum absolute atomic E-state index is 12.2. The summed E-state index contributed by atoms with van der Waals surface area (Å²) in [7, 11) is 0. The maximum atomic E-state index is 12.2. The van der Waals surface area contributed by atoms with Crippen molar-refractivity contribution in [2.75, 3.05) is 6.61 Å². The number of aromatic nitrogens is 4. The third-order valence-electron chi connectivity index (χ3n) is 2.68. The molecule has 2 N–H and O–H groups in total. The largest absolute Gasteiger partial charge is 0.489 e. The Morgan fingerprint density at radius 2 is 2.33 bits per heavy atom. The molecule has 0 aliphatic rings. The standard InChI is InChI=1S/C14H17N5O2/c1-9(2)8-21-12-6-4-5-11(7-12)14(20)15-10(3)13-16-18-19-17-13/h4-7,10H,1,8H2,2-3H3,(H,15,20)(H,16,17,18,19). The number of nitrogens with zero attached hydrogens (tertiary/aromatic N) is 3. The SMILES string of the molecule is C=C(C)COc1cccc(C(=O)NC(C)c2nn[nH]n2)c1. The molecule has 1 unspecified atom stereocenters. The average Bonchev–Trinajstić information content (AvgIpc) is 2.99. The second kappa shape index (κ2) is 6.65. The van der Waals surface area contributed by atoms with Crippen LogP contribution < -0.4 is 10.1 Å². The molecule has 1 aromatic carbocycles. The van der Waals surface area contributed by atoms with Gasteiger partial charge in [0.15, 0.2) is 5.82 Å². The summed E-state index contributed by atoms with van der Waals surface area (Å²) in [5, 5.41) is 16.3. The number of nitrogens with one attached hydrogen (secondary N) is 2. The number of hydrogen-bond acceptors (Lipinski definition) is 5. The fourth-order valence-corrected chi connectivity index (χ4v) is 1.63. The molecule has 1 atom stereocenters. The van der Waals surface area contributed by atoms with E-state index >= 15 is 0 Å². The van der Waals surface area contributed by atoms with Crippen LogP contribution in [0, 0.1) is 0 Å². The third kappa shape index (κ3) is 4.13. The number of H-pyrrole nitrogens is 1. The maximum Gasteiger partial charge on any atom is 0.251 e. The van der Waals surface area contributed by atoms with Crippen LogP contribution in [0.15, 0.2) is 36.4 Å². The molecule has 2 aromatic rings. The molecule has 21 heavy (non-hydrogen) atoms. The first kappa shape index (κ1) is 14.7. The molecule has 7 nitrogen and oxygen atoms in total. The van der Waals surface area contributed by atoms with Gasteiger partial charge in [0.2, 0.25) is 0 Å². The molecule has 2 rings (SSSR count). The first-order chi connectivity index (χ1) is 10.1. The van der Waals surface area contributed by atoms with E-state index in [2.05, 4.69) is 32.5 Å². The quantitative estimate of drug-likeness (QED) is 0.788. The van der Waals surface area contributed by atoms with E-state index in [0.29, 0.717) is 23.7 Å². The van der Waals surface area contributed by atoms with Crippen LogP contribution in [0.2, 0.25) is 0 Å². The molecule has 0 radical (unpaired) electrons. The van der Waals surface area contributed by atoms with Crippen LogP contribution in [0.5, 0.6) is 5.75 Å². The van der Waals surface area contributed by atoms with Gasteiger partial charge < -0.3 is 10.1 Å². The molecule has 1 heterocycles. The highest BCUT2D eigenvalue weighted by Gasteiger charge is 2.15. The Kier molecular flexibility index (Phi) is 4.65. The van der Waals surface area contributed by atoms with Crippen molar-refractivity contribution in [3.05, 3.63) is 47.8 Å². The molecule has 1 aromatic heterocycles. The van der Waals surface area contributed by atoms with Crippen molar-refractivity contribution < 1.29 is 9.53 Å². The predicted octanol–water partition coefficient (Wildman–Crippen LogP) is 1.65. The number of hydrogen-bond donors (Lipinski definition) is 2. The average molecular weight is 287 g/mol. The zero-order valence-corrected chi connectivity index (χ0v) is 12.0. The van der Waals surface area contributed by atoms with Gasteiger partial charge in [0.25, 0.3) is 5.91 Å². The van der Waals surface area contributed by atoms with Gasteiger partial charge in [0, 0.05) is 5.56 Å². The first-order valence-corrected chi connectivity index (χ1v) is 6.47. The highest BCUT2D eigenvalue weighted by atomic mass is 16.5. The summed E-state index contributed by atoms with van der Waals surface area (Å²) in [6.45, 7) is 7.85. The molecule has 0 bridgehead atoms. The summed E-state index contributed by atoms with van der Waals surface area (Å²) in [5.41, 5.74) is 1.42. The molecule has 7 heteroatoms. The van der Waals surface area contributed by atoms with E-state index in [1.165, 1.54) is 0 Å². The Balaban J connectivity index is 2.02. The van der Waals surface area contributed by atoms with E-state index in [9.17, 15) is 4.79 Å². The Hall–Kier alpha value is -2.70. The van der Waals surface area contributed by atoms with Gasteiger partial charge in [-0.05, 0) is 37.6 Å². The number of benzene rings is 1. The Morgan fingerprint density at radius 1 is 1.52 bits per heavy atom. The van der Waals surface area contributed by atoms with Crippen molar-refractivity contribution in [1.29, 1.82) is 0 Å². The van der Waals surface area contributed by atoms with Crippen molar-refractivity contribution in [3.63, 3.8) is 0 Å². The molecule has 0 aliphatic carbocycles. The molecule has 1 amide bonds. The molecular weight excluding hydrogens is 270 g/mol. The monoisotopic (exact) mass is 287 g/mol. The van der Waals surface area contributed by atoms with Gasteiger partial charge in [-0.1, -0.05) is 17.9 Å². The minimum absolute atomic E-state index is 0.229. The van der Waals surface area contributed by atoms with Crippen LogP contribution in [-0.4, -0.2) is 33.1 Å². The van der Waals surface area contributed by atoms with E-state index in [1.54, 1.807) is 31.2 Å². The summed E-state index contributed by atoms with van der Waals surface area (Å²) in [6.07, 6.45) is 0. The lowest BCUT2D eigenvalue weighted by molar-refractivity contribution is 0.0938. The van der Waals surface area contributed by atoms with Crippen LogP contribution >= 0.6 is 0 Å². The van der Waals surface area contributed by atoms with Gasteiger partial charge in [-0.3, -0.25) is 4.79 Å². The number of ether oxygens (including phenoxy) is 1.